The number of hydrogen-bond donors (Lipinski definition) is 2. The van der Waals surface area contributed by atoms with E-state index in [1.807, 2.05) is 0 Å². The molecular formula is C20H20F2N2O3S. The van der Waals surface area contributed by atoms with Gasteiger partial charge in [0.05, 0.1) is 16.1 Å². The Bertz CT molecular complexity index is 1060. The number of hydrogen-bond acceptors (Lipinski definition) is 4. The molecule has 28 heavy (non-hydrogen) atoms. The molecule has 0 radical (unpaired) electrons. The Labute approximate surface area is 162 Å². The molecule has 1 aliphatic carbocycles. The van der Waals surface area contributed by atoms with Crippen molar-refractivity contribution in [2.45, 2.75) is 30.9 Å². The van der Waals surface area contributed by atoms with Crippen LogP contribution < -0.4 is 14.8 Å². The Hall–Kier alpha value is -2.61. The molecule has 2 aromatic carbocycles. The molecule has 1 aliphatic heterocycles. The fraction of sp³-hybridized carbons (Fsp3) is 0.300. The van der Waals surface area contributed by atoms with Crippen molar-refractivity contribution in [2.24, 2.45) is 0 Å². The van der Waals surface area contributed by atoms with Gasteiger partial charge in [0.25, 0.3) is 0 Å². The van der Waals surface area contributed by atoms with Gasteiger partial charge in [0.1, 0.15) is 29.7 Å². The van der Waals surface area contributed by atoms with Gasteiger partial charge >= 0.3 is 0 Å². The van der Waals surface area contributed by atoms with E-state index in [0.29, 0.717) is 19.3 Å². The van der Waals surface area contributed by atoms with Gasteiger partial charge in [0.2, 0.25) is 10.0 Å². The van der Waals surface area contributed by atoms with Crippen molar-refractivity contribution < 1.29 is 21.9 Å². The normalized spacial score (nSPS) is 20.4. The molecule has 1 fully saturated rings. The van der Waals surface area contributed by atoms with Crippen molar-refractivity contribution in [3.63, 3.8) is 0 Å². The van der Waals surface area contributed by atoms with Crippen molar-refractivity contribution in [1.82, 2.24) is 0 Å². The van der Waals surface area contributed by atoms with Gasteiger partial charge in [-0.2, -0.15) is 0 Å². The first-order chi connectivity index (χ1) is 13.3. The van der Waals surface area contributed by atoms with Crippen molar-refractivity contribution in [3.8, 4) is 5.75 Å². The number of fused-ring (bicyclic) bond motifs is 1. The summed E-state index contributed by atoms with van der Waals surface area (Å²) in [4.78, 5) is 0. The second kappa shape index (κ2) is 6.77. The summed E-state index contributed by atoms with van der Waals surface area (Å²) in [5.74, 6) is -1.11. The summed E-state index contributed by atoms with van der Waals surface area (Å²) in [6.07, 6.45) is 5.00. The smallest absolute Gasteiger partial charge is 0.238 e. The lowest BCUT2D eigenvalue weighted by Crippen LogP contribution is -2.30. The van der Waals surface area contributed by atoms with Gasteiger partial charge in [-0.3, -0.25) is 4.72 Å². The molecule has 2 N–H and O–H groups in total. The third-order valence-corrected chi connectivity index (χ3v) is 7.25. The molecular weight excluding hydrogens is 386 g/mol. The maximum atomic E-state index is 14.3. The lowest BCUT2D eigenvalue weighted by Gasteiger charge is -2.22. The van der Waals surface area contributed by atoms with Crippen LogP contribution in [-0.4, -0.2) is 19.8 Å². The number of benzene rings is 2. The summed E-state index contributed by atoms with van der Waals surface area (Å²) in [5, 5.41) is 2.80. The highest BCUT2D eigenvalue weighted by Crippen LogP contribution is 2.49. The summed E-state index contributed by atoms with van der Waals surface area (Å²) in [5.41, 5.74) is 0.997. The number of anilines is 3. The molecule has 5 nitrogen and oxygen atoms in total. The number of sulfonamides is 1. The van der Waals surface area contributed by atoms with Crippen LogP contribution in [0.1, 0.15) is 24.8 Å². The molecule has 2 aromatic rings. The largest absolute Gasteiger partial charge is 0.487 e. The molecule has 0 unspecified atom stereocenters. The minimum absolute atomic E-state index is 0.0425. The molecule has 1 saturated carbocycles. The number of allylic oxidation sites excluding steroid dienone is 1. The van der Waals surface area contributed by atoms with E-state index in [2.05, 4.69) is 10.0 Å². The summed E-state index contributed by atoms with van der Waals surface area (Å²) in [6.45, 7) is 1.92. The van der Waals surface area contributed by atoms with E-state index in [9.17, 15) is 17.2 Å². The predicted octanol–water partition coefficient (Wildman–Crippen LogP) is 4.63. The fourth-order valence-corrected chi connectivity index (χ4v) is 4.89. The minimum atomic E-state index is -3.74. The van der Waals surface area contributed by atoms with E-state index in [4.69, 9.17) is 4.74 Å². The molecule has 1 heterocycles. The Morgan fingerprint density at radius 1 is 1.11 bits per heavy atom. The molecule has 0 saturated heterocycles. The average Bonchev–Trinajstić information content (AvgIpc) is 3.41. The topological polar surface area (TPSA) is 67.4 Å². The third-order valence-electron chi connectivity index (χ3n) is 5.07. The zero-order valence-electron chi connectivity index (χ0n) is 15.3. The highest BCUT2D eigenvalue weighted by Gasteiger charge is 2.54. The van der Waals surface area contributed by atoms with Crippen LogP contribution in [0.5, 0.6) is 5.75 Å². The van der Waals surface area contributed by atoms with Crippen LogP contribution >= 0.6 is 0 Å². The third kappa shape index (κ3) is 3.44. The zero-order chi connectivity index (χ0) is 19.9. The molecule has 4 rings (SSSR count). The van der Waals surface area contributed by atoms with E-state index in [1.54, 1.807) is 25.1 Å². The van der Waals surface area contributed by atoms with Crippen LogP contribution in [0.3, 0.4) is 0 Å². The molecule has 8 heteroatoms. The first kappa shape index (κ1) is 18.7. The number of halogens is 2. The van der Waals surface area contributed by atoms with Gasteiger partial charge in [-0.25, -0.2) is 17.2 Å². The number of nitrogens with one attached hydrogen (secondary N) is 2. The zero-order valence-corrected chi connectivity index (χ0v) is 16.1. The predicted molar refractivity (Wildman–Crippen MR) is 105 cm³/mol. The molecule has 0 amide bonds. The summed E-state index contributed by atoms with van der Waals surface area (Å²) in [6, 6.07) is 6.79. The fourth-order valence-electron chi connectivity index (χ4n) is 3.23. The van der Waals surface area contributed by atoms with Gasteiger partial charge in [-0.1, -0.05) is 18.2 Å². The Balaban J connectivity index is 1.80. The number of rotatable bonds is 2. The maximum absolute atomic E-state index is 14.3. The second-order valence-corrected chi connectivity index (χ2v) is 9.29. The average molecular weight is 406 g/mol. The highest BCUT2D eigenvalue weighted by molar-refractivity contribution is 7.94. The van der Waals surface area contributed by atoms with E-state index in [-0.39, 0.29) is 29.4 Å². The highest BCUT2D eigenvalue weighted by atomic mass is 32.2. The Morgan fingerprint density at radius 2 is 1.89 bits per heavy atom. The second-order valence-electron chi connectivity index (χ2n) is 7.21. The van der Waals surface area contributed by atoms with E-state index < -0.39 is 26.4 Å². The summed E-state index contributed by atoms with van der Waals surface area (Å²) in [7, 11) is -3.74. The monoisotopic (exact) mass is 406 g/mol. The Kier molecular flexibility index (Phi) is 4.53. The molecule has 148 valence electrons. The summed E-state index contributed by atoms with van der Waals surface area (Å²) >= 11 is 0. The first-order valence-corrected chi connectivity index (χ1v) is 10.4. The van der Waals surface area contributed by atoms with Crippen LogP contribution in [0.4, 0.5) is 25.8 Å². The lowest BCUT2D eigenvalue weighted by atomic mass is 10.2. The maximum Gasteiger partial charge on any atom is 0.238 e. The van der Waals surface area contributed by atoms with Crippen LogP contribution in [0, 0.1) is 18.6 Å². The van der Waals surface area contributed by atoms with Crippen molar-refractivity contribution in [1.29, 1.82) is 0 Å². The van der Waals surface area contributed by atoms with E-state index in [0.717, 1.165) is 17.7 Å². The minimum Gasteiger partial charge on any atom is -0.487 e. The van der Waals surface area contributed by atoms with Gasteiger partial charge in [0.15, 0.2) is 0 Å². The Morgan fingerprint density at radius 3 is 2.61 bits per heavy atom. The number of aryl methyl sites for hydroxylation is 1. The van der Waals surface area contributed by atoms with Gasteiger partial charge in [-0.05, 0) is 49.9 Å². The van der Waals surface area contributed by atoms with Crippen LogP contribution in [0.25, 0.3) is 0 Å². The van der Waals surface area contributed by atoms with E-state index in [1.165, 1.54) is 12.1 Å². The first-order valence-electron chi connectivity index (χ1n) is 8.97. The van der Waals surface area contributed by atoms with Crippen molar-refractivity contribution >= 4 is 27.1 Å². The number of ether oxygens (including phenoxy) is 1. The van der Waals surface area contributed by atoms with Crippen LogP contribution in [-0.2, 0) is 10.0 Å². The van der Waals surface area contributed by atoms with Gasteiger partial charge in [0, 0.05) is 6.07 Å². The van der Waals surface area contributed by atoms with Crippen LogP contribution in [0.15, 0.2) is 42.5 Å². The quantitative estimate of drug-likeness (QED) is 0.714. The lowest BCUT2D eigenvalue weighted by molar-refractivity contribution is 0.362. The summed E-state index contributed by atoms with van der Waals surface area (Å²) < 4.78 is 61.7. The van der Waals surface area contributed by atoms with Crippen LogP contribution in [0.2, 0.25) is 0 Å². The molecule has 0 aromatic heterocycles. The molecule has 0 bridgehead atoms. The van der Waals surface area contributed by atoms with Gasteiger partial charge in [-0.15, -0.1) is 0 Å². The molecule has 2 aliphatic rings. The van der Waals surface area contributed by atoms with Crippen molar-refractivity contribution in [3.05, 3.63) is 59.7 Å². The molecule has 0 atom stereocenters. The standard InChI is InChI=1S/C20H20F2N2O3S/c1-13-4-5-16(15(22)10-13)23-17-11-14(21)12-18-19(17)24-28(25,26)20(7-8-20)6-2-3-9-27-18/h2-5,10-12,23-24H,6-9H2,1H3/b3-2+. The van der Waals surface area contributed by atoms with E-state index >= 15 is 0 Å². The van der Waals surface area contributed by atoms with Crippen molar-refractivity contribution in [2.75, 3.05) is 16.6 Å². The SMILES string of the molecule is Cc1ccc(Nc2cc(F)cc3c2NS(=O)(=O)C2(C/C=C/CO3)CC2)c(F)c1. The molecule has 1 spiro atoms. The van der Waals surface area contributed by atoms with Gasteiger partial charge < -0.3 is 10.1 Å².